The minimum atomic E-state index is -3.58. The van der Waals surface area contributed by atoms with Gasteiger partial charge in [0, 0.05) is 0 Å². The lowest BCUT2D eigenvalue weighted by atomic mass is 10.3. The molecule has 1 aromatic rings. The Balaban J connectivity index is 2.99. The van der Waals surface area contributed by atoms with Gasteiger partial charge in [-0.25, -0.2) is 8.42 Å². The lowest BCUT2D eigenvalue weighted by molar-refractivity contribution is -0.0493. The van der Waals surface area contributed by atoms with E-state index >= 15 is 0 Å². The molecule has 0 saturated heterocycles. The van der Waals surface area contributed by atoms with E-state index in [1.807, 2.05) is 0 Å². The molecule has 4 nitrogen and oxygen atoms in total. The van der Waals surface area contributed by atoms with Crippen LogP contribution in [0.5, 0.6) is 5.75 Å². The summed E-state index contributed by atoms with van der Waals surface area (Å²) in [7, 11) is -3.58. The van der Waals surface area contributed by atoms with E-state index in [0.717, 1.165) is 0 Å². The van der Waals surface area contributed by atoms with Gasteiger partial charge in [-0.05, 0) is 26.0 Å². The van der Waals surface area contributed by atoms with Crippen LogP contribution in [0.4, 0.5) is 14.5 Å². The smallest absolute Gasteiger partial charge is 0.387 e. The van der Waals surface area contributed by atoms with Crippen LogP contribution in [0.2, 0.25) is 0 Å². The molecule has 0 amide bonds. The van der Waals surface area contributed by atoms with Crippen molar-refractivity contribution in [3.8, 4) is 5.75 Å². The molecule has 0 bridgehead atoms. The standard InChI is InChI=1S/C10H13F2NO3S/c1-7(2)17(14,15)13-8-5-3-4-6-9(8)16-10(11)12/h3-7,10,13H,1-2H3. The average molecular weight is 265 g/mol. The number of nitrogens with one attached hydrogen (secondary N) is 1. The Bertz CT molecular complexity index is 474. The summed E-state index contributed by atoms with van der Waals surface area (Å²) in [6.45, 7) is -0.0302. The highest BCUT2D eigenvalue weighted by atomic mass is 32.2. The van der Waals surface area contributed by atoms with Gasteiger partial charge in [-0.2, -0.15) is 8.78 Å². The highest BCUT2D eigenvalue weighted by Gasteiger charge is 2.18. The molecular formula is C10H13F2NO3S. The molecule has 0 fully saturated rings. The maximum Gasteiger partial charge on any atom is 0.387 e. The normalized spacial score (nSPS) is 11.9. The number of para-hydroxylation sites is 2. The fraction of sp³-hybridized carbons (Fsp3) is 0.400. The van der Waals surface area contributed by atoms with Crippen molar-refractivity contribution >= 4 is 15.7 Å². The van der Waals surface area contributed by atoms with Crippen molar-refractivity contribution in [1.29, 1.82) is 0 Å². The first-order chi connectivity index (χ1) is 7.83. The summed E-state index contributed by atoms with van der Waals surface area (Å²) in [5.74, 6) is -0.202. The quantitative estimate of drug-likeness (QED) is 0.889. The van der Waals surface area contributed by atoms with Gasteiger partial charge in [0.25, 0.3) is 0 Å². The Kier molecular flexibility index (Phi) is 4.28. The van der Waals surface area contributed by atoms with E-state index in [1.165, 1.54) is 38.1 Å². The Morgan fingerprint density at radius 1 is 1.24 bits per heavy atom. The van der Waals surface area contributed by atoms with Gasteiger partial charge in [0.1, 0.15) is 5.75 Å². The van der Waals surface area contributed by atoms with Crippen LogP contribution in [-0.2, 0) is 10.0 Å². The number of hydrogen-bond donors (Lipinski definition) is 1. The molecule has 0 heterocycles. The number of alkyl halides is 2. The summed E-state index contributed by atoms with van der Waals surface area (Å²) in [6.07, 6.45) is 0. The van der Waals surface area contributed by atoms with Gasteiger partial charge < -0.3 is 4.74 Å². The van der Waals surface area contributed by atoms with E-state index in [1.54, 1.807) is 0 Å². The molecule has 7 heteroatoms. The Morgan fingerprint density at radius 2 is 1.82 bits per heavy atom. The van der Waals surface area contributed by atoms with Gasteiger partial charge in [0.05, 0.1) is 10.9 Å². The molecule has 0 unspecified atom stereocenters. The number of benzene rings is 1. The zero-order chi connectivity index (χ0) is 13.1. The number of halogens is 2. The molecule has 0 aliphatic rings. The van der Waals surface area contributed by atoms with Crippen LogP contribution in [0.1, 0.15) is 13.8 Å². The Labute approximate surface area is 98.6 Å². The van der Waals surface area contributed by atoms with Crippen molar-refractivity contribution < 1.29 is 21.9 Å². The molecule has 1 aromatic carbocycles. The maximum absolute atomic E-state index is 12.1. The first kappa shape index (κ1) is 13.7. The first-order valence-electron chi connectivity index (χ1n) is 4.88. The largest absolute Gasteiger partial charge is 0.433 e. The molecule has 0 spiro atoms. The summed E-state index contributed by atoms with van der Waals surface area (Å²) >= 11 is 0. The summed E-state index contributed by atoms with van der Waals surface area (Å²) in [6, 6.07) is 5.63. The van der Waals surface area contributed by atoms with E-state index < -0.39 is 21.9 Å². The third kappa shape index (κ3) is 3.85. The van der Waals surface area contributed by atoms with E-state index in [9.17, 15) is 17.2 Å². The van der Waals surface area contributed by atoms with Crippen LogP contribution in [0.15, 0.2) is 24.3 Å². The monoisotopic (exact) mass is 265 g/mol. The van der Waals surface area contributed by atoms with E-state index in [4.69, 9.17) is 0 Å². The summed E-state index contributed by atoms with van der Waals surface area (Å²) in [5.41, 5.74) is 0.00139. The molecule has 0 saturated carbocycles. The topological polar surface area (TPSA) is 55.4 Å². The molecule has 0 aromatic heterocycles. The van der Waals surface area contributed by atoms with Crippen LogP contribution >= 0.6 is 0 Å². The molecule has 17 heavy (non-hydrogen) atoms. The molecule has 0 aliphatic heterocycles. The highest BCUT2D eigenvalue weighted by Crippen LogP contribution is 2.26. The third-order valence-corrected chi connectivity index (χ3v) is 3.72. The van der Waals surface area contributed by atoms with Gasteiger partial charge in [-0.15, -0.1) is 0 Å². The molecule has 0 aliphatic carbocycles. The third-order valence-electron chi connectivity index (χ3n) is 1.98. The zero-order valence-electron chi connectivity index (χ0n) is 9.35. The first-order valence-corrected chi connectivity index (χ1v) is 6.43. The summed E-state index contributed by atoms with van der Waals surface area (Å²) in [4.78, 5) is 0. The Morgan fingerprint density at radius 3 is 2.35 bits per heavy atom. The maximum atomic E-state index is 12.1. The summed E-state index contributed by atoms with van der Waals surface area (Å²) < 4.78 is 53.8. The number of sulfonamides is 1. The average Bonchev–Trinajstić information content (AvgIpc) is 2.19. The minimum Gasteiger partial charge on any atom is -0.433 e. The van der Waals surface area contributed by atoms with Crippen molar-refractivity contribution in [1.82, 2.24) is 0 Å². The fourth-order valence-electron chi connectivity index (χ4n) is 1.02. The molecule has 0 atom stereocenters. The van der Waals surface area contributed by atoms with Crippen molar-refractivity contribution in [2.24, 2.45) is 0 Å². The number of anilines is 1. The summed E-state index contributed by atoms with van der Waals surface area (Å²) in [5, 5.41) is -0.665. The lowest BCUT2D eigenvalue weighted by Crippen LogP contribution is -2.23. The van der Waals surface area contributed by atoms with Gasteiger partial charge in [0.15, 0.2) is 0 Å². The second kappa shape index (κ2) is 5.31. The predicted octanol–water partition coefficient (Wildman–Crippen LogP) is 2.44. The van der Waals surface area contributed by atoms with Crippen LogP contribution in [0.25, 0.3) is 0 Å². The second-order valence-electron chi connectivity index (χ2n) is 3.57. The number of hydrogen-bond acceptors (Lipinski definition) is 3. The van der Waals surface area contributed by atoms with Gasteiger partial charge >= 0.3 is 6.61 Å². The van der Waals surface area contributed by atoms with Crippen LogP contribution < -0.4 is 9.46 Å². The number of ether oxygens (including phenoxy) is 1. The van der Waals surface area contributed by atoms with Crippen molar-refractivity contribution in [2.45, 2.75) is 25.7 Å². The van der Waals surface area contributed by atoms with Crippen LogP contribution in [0.3, 0.4) is 0 Å². The molecule has 1 N–H and O–H groups in total. The van der Waals surface area contributed by atoms with E-state index in [-0.39, 0.29) is 11.4 Å². The SMILES string of the molecule is CC(C)S(=O)(=O)Nc1ccccc1OC(F)F. The van der Waals surface area contributed by atoms with Gasteiger partial charge in [-0.1, -0.05) is 12.1 Å². The minimum absolute atomic E-state index is 0.00139. The van der Waals surface area contributed by atoms with Gasteiger partial charge in [-0.3, -0.25) is 4.72 Å². The van der Waals surface area contributed by atoms with E-state index in [2.05, 4.69) is 9.46 Å². The van der Waals surface area contributed by atoms with Crippen LogP contribution in [0, 0.1) is 0 Å². The molecule has 1 rings (SSSR count). The van der Waals surface area contributed by atoms with Crippen molar-refractivity contribution in [3.63, 3.8) is 0 Å². The van der Waals surface area contributed by atoms with E-state index in [0.29, 0.717) is 0 Å². The molecular weight excluding hydrogens is 252 g/mol. The van der Waals surface area contributed by atoms with Gasteiger partial charge in [0.2, 0.25) is 10.0 Å². The number of rotatable bonds is 5. The highest BCUT2D eigenvalue weighted by molar-refractivity contribution is 7.93. The second-order valence-corrected chi connectivity index (χ2v) is 5.81. The lowest BCUT2D eigenvalue weighted by Gasteiger charge is -2.14. The molecule has 0 radical (unpaired) electrons. The predicted molar refractivity (Wildman–Crippen MR) is 60.8 cm³/mol. The Hall–Kier alpha value is -1.37. The zero-order valence-corrected chi connectivity index (χ0v) is 10.2. The molecule has 96 valence electrons. The van der Waals surface area contributed by atoms with Crippen molar-refractivity contribution in [2.75, 3.05) is 4.72 Å². The van der Waals surface area contributed by atoms with Crippen molar-refractivity contribution in [3.05, 3.63) is 24.3 Å². The van der Waals surface area contributed by atoms with Crippen LogP contribution in [-0.4, -0.2) is 20.3 Å². The fourth-order valence-corrected chi connectivity index (χ4v) is 1.73.